The summed E-state index contributed by atoms with van der Waals surface area (Å²) in [4.78, 5) is 14.5. The van der Waals surface area contributed by atoms with Crippen LogP contribution >= 0.6 is 32.4 Å². The summed E-state index contributed by atoms with van der Waals surface area (Å²) in [6, 6.07) is 4.01. The zero-order chi connectivity index (χ0) is 22.1. The van der Waals surface area contributed by atoms with Crippen molar-refractivity contribution in [3.05, 3.63) is 55.2 Å². The average Bonchev–Trinajstić information content (AvgIpc) is 2.66. The van der Waals surface area contributed by atoms with Gasteiger partial charge in [-0.1, -0.05) is 41.5 Å². The lowest BCUT2D eigenvalue weighted by Gasteiger charge is -2.37. The number of fused-ring (bicyclic) bond motifs is 1. The van der Waals surface area contributed by atoms with E-state index in [0.29, 0.717) is 12.4 Å². The van der Waals surface area contributed by atoms with Gasteiger partial charge in [0.05, 0.1) is 17.7 Å². The van der Waals surface area contributed by atoms with Gasteiger partial charge in [0.1, 0.15) is 26.1 Å². The van der Waals surface area contributed by atoms with Gasteiger partial charge in [-0.25, -0.2) is 4.79 Å². The summed E-state index contributed by atoms with van der Waals surface area (Å²) in [6.45, 7) is 4.51. The summed E-state index contributed by atoms with van der Waals surface area (Å²) in [7, 11) is 12.0. The third-order valence-electron chi connectivity index (χ3n) is 4.61. The largest absolute Gasteiger partial charge is 0.426 e. The summed E-state index contributed by atoms with van der Waals surface area (Å²) in [5.41, 5.74) is 2.64. The monoisotopic (exact) mass is 464 g/mol. The molecule has 1 N–H and O–H groups in total. The van der Waals surface area contributed by atoms with E-state index in [1.807, 2.05) is 26.0 Å². The van der Waals surface area contributed by atoms with Crippen molar-refractivity contribution in [1.82, 2.24) is 9.55 Å². The smallest absolute Gasteiger partial charge is 0.396 e. The minimum Gasteiger partial charge on any atom is -0.426 e. The standard InChI is InChI=1S/C18H20B2ClN2O5PS/c1-10-6-11(2)15-12(7-10)9-26-29(27-15)28-18(19,20)14(25-3)4-5-23-8-13(21)16(30)22-17(23)24/h6-8,14H,4-5,9H2,1-3H3,(H,22,24,30). The molecule has 156 valence electrons. The van der Waals surface area contributed by atoms with Gasteiger partial charge in [-0.15, -0.1) is 0 Å². The van der Waals surface area contributed by atoms with E-state index in [2.05, 4.69) is 4.98 Å². The molecule has 1 aliphatic rings. The Morgan fingerprint density at radius 2 is 2.17 bits per heavy atom. The summed E-state index contributed by atoms with van der Waals surface area (Å²) in [5.74, 6) is 0.712. The van der Waals surface area contributed by atoms with Crippen LogP contribution in [0.2, 0.25) is 5.02 Å². The number of H-pyrrole nitrogens is 1. The van der Waals surface area contributed by atoms with Gasteiger partial charge in [0, 0.05) is 30.8 Å². The Bertz CT molecular complexity index is 1050. The quantitative estimate of drug-likeness (QED) is 0.385. The Kier molecular flexibility index (Phi) is 7.49. The Balaban J connectivity index is 1.68. The number of benzene rings is 1. The second kappa shape index (κ2) is 9.55. The lowest BCUT2D eigenvalue weighted by atomic mass is 9.61. The molecule has 1 aliphatic heterocycles. The van der Waals surface area contributed by atoms with E-state index in [4.69, 9.17) is 57.8 Å². The Hall–Kier alpha value is -1.15. The molecule has 12 heteroatoms. The molecule has 0 fully saturated rings. The topological polar surface area (TPSA) is 74.7 Å². The lowest BCUT2D eigenvalue weighted by Crippen LogP contribution is -2.47. The van der Waals surface area contributed by atoms with Gasteiger partial charge in [0.2, 0.25) is 0 Å². The average molecular weight is 464 g/mol. The number of hydrogen-bond acceptors (Lipinski definition) is 6. The molecule has 2 heterocycles. The van der Waals surface area contributed by atoms with E-state index in [-0.39, 0.29) is 22.6 Å². The maximum atomic E-state index is 12.0. The summed E-state index contributed by atoms with van der Waals surface area (Å²) >= 11 is 10.9. The lowest BCUT2D eigenvalue weighted by molar-refractivity contribution is 0.00106. The zero-order valence-corrected chi connectivity index (χ0v) is 19.3. The van der Waals surface area contributed by atoms with Gasteiger partial charge in [-0.05, 0) is 25.8 Å². The maximum Gasteiger partial charge on any atom is 0.396 e. The molecule has 0 saturated heterocycles. The molecular weight excluding hydrogens is 444 g/mol. The van der Waals surface area contributed by atoms with E-state index < -0.39 is 25.8 Å². The van der Waals surface area contributed by atoms with Crippen molar-refractivity contribution in [3.8, 4) is 5.75 Å². The van der Waals surface area contributed by atoms with Crippen molar-refractivity contribution in [3.63, 3.8) is 0 Å². The molecule has 7 nitrogen and oxygen atoms in total. The van der Waals surface area contributed by atoms with Crippen LogP contribution in [-0.2, 0) is 26.9 Å². The number of halogens is 1. The van der Waals surface area contributed by atoms with Crippen molar-refractivity contribution in [2.75, 3.05) is 7.11 Å². The van der Waals surface area contributed by atoms with Crippen LogP contribution in [0.25, 0.3) is 0 Å². The minimum absolute atomic E-state index is 0.178. The maximum absolute atomic E-state index is 12.0. The molecule has 0 spiro atoms. The van der Waals surface area contributed by atoms with E-state index in [1.165, 1.54) is 17.9 Å². The molecule has 0 bridgehead atoms. The second-order valence-corrected chi connectivity index (χ2v) is 8.93. The molecule has 1 aromatic heterocycles. The van der Waals surface area contributed by atoms with Gasteiger partial charge in [-0.3, -0.25) is 14.1 Å². The highest BCUT2D eigenvalue weighted by Gasteiger charge is 2.36. The van der Waals surface area contributed by atoms with Crippen LogP contribution in [0.15, 0.2) is 23.1 Å². The fourth-order valence-corrected chi connectivity index (χ4v) is 4.65. The Morgan fingerprint density at radius 1 is 1.43 bits per heavy atom. The number of hydrogen-bond donors (Lipinski definition) is 1. The highest BCUT2D eigenvalue weighted by Crippen LogP contribution is 2.50. The predicted molar refractivity (Wildman–Crippen MR) is 120 cm³/mol. The molecule has 2 atom stereocenters. The molecule has 3 rings (SSSR count). The molecule has 0 aliphatic carbocycles. The third-order valence-corrected chi connectivity index (χ3v) is 6.46. The fourth-order valence-electron chi connectivity index (χ4n) is 3.17. The zero-order valence-electron chi connectivity index (χ0n) is 16.8. The van der Waals surface area contributed by atoms with Gasteiger partial charge >= 0.3 is 14.3 Å². The number of aryl methyl sites for hydroxylation is 3. The van der Waals surface area contributed by atoms with E-state index in [9.17, 15) is 4.79 Å². The number of aromatic nitrogens is 2. The number of aromatic amines is 1. The SMILES string of the molecule is [B]C([B])(OP1OCc2cc(C)cc(C)c2O1)C(CCn1cc(Cl)c(=S)[nH]c1=O)OC. The van der Waals surface area contributed by atoms with E-state index in [1.54, 1.807) is 0 Å². The molecule has 1 aromatic carbocycles. The first-order valence-electron chi connectivity index (χ1n) is 9.11. The molecule has 0 saturated carbocycles. The molecule has 2 aromatic rings. The number of ether oxygens (including phenoxy) is 1. The number of nitrogens with one attached hydrogen (secondary N) is 1. The van der Waals surface area contributed by atoms with Crippen LogP contribution in [-0.4, -0.2) is 43.9 Å². The highest BCUT2D eigenvalue weighted by atomic mass is 35.5. The van der Waals surface area contributed by atoms with Gasteiger partial charge < -0.3 is 13.8 Å². The summed E-state index contributed by atoms with van der Waals surface area (Å²) in [6.07, 6.45) is 0.952. The summed E-state index contributed by atoms with van der Waals surface area (Å²) < 4.78 is 24.3. The van der Waals surface area contributed by atoms with E-state index in [0.717, 1.165) is 16.7 Å². The molecule has 4 radical (unpaired) electrons. The van der Waals surface area contributed by atoms with Crippen molar-refractivity contribution in [2.45, 2.75) is 44.9 Å². The van der Waals surface area contributed by atoms with Crippen molar-refractivity contribution in [2.24, 2.45) is 0 Å². The highest BCUT2D eigenvalue weighted by molar-refractivity contribution is 7.71. The predicted octanol–water partition coefficient (Wildman–Crippen LogP) is 3.42. The first kappa shape index (κ1) is 23.5. The molecule has 30 heavy (non-hydrogen) atoms. The van der Waals surface area contributed by atoms with Crippen LogP contribution in [0.5, 0.6) is 5.75 Å². The van der Waals surface area contributed by atoms with Crippen molar-refractivity contribution >= 4 is 48.1 Å². The number of rotatable bonds is 7. The van der Waals surface area contributed by atoms with Crippen molar-refractivity contribution < 1.29 is 18.3 Å². The van der Waals surface area contributed by atoms with E-state index >= 15 is 0 Å². The number of methoxy groups -OCH3 is 1. The van der Waals surface area contributed by atoms with Gasteiger partial charge in [0.25, 0.3) is 0 Å². The Morgan fingerprint density at radius 3 is 2.87 bits per heavy atom. The minimum atomic E-state index is -1.83. The van der Waals surface area contributed by atoms with Crippen LogP contribution in [0.1, 0.15) is 23.1 Å². The molecular formula is C18H20B2ClN2O5PS. The van der Waals surface area contributed by atoms with Gasteiger partial charge in [-0.2, -0.15) is 0 Å². The third kappa shape index (κ3) is 5.36. The van der Waals surface area contributed by atoms with Crippen molar-refractivity contribution in [1.29, 1.82) is 0 Å². The molecule has 2 unspecified atom stereocenters. The van der Waals surface area contributed by atoms with Crippen LogP contribution < -0.4 is 10.2 Å². The first-order valence-corrected chi connectivity index (χ1v) is 11.0. The first-order chi connectivity index (χ1) is 14.1. The second-order valence-electron chi connectivity index (χ2n) is 7.05. The van der Waals surface area contributed by atoms with Crippen LogP contribution in [0.4, 0.5) is 0 Å². The molecule has 0 amide bonds. The fraction of sp³-hybridized carbons (Fsp3) is 0.444. The number of nitrogens with zero attached hydrogens (tertiary/aromatic N) is 1. The normalized spacial score (nSPS) is 17.3. The Labute approximate surface area is 188 Å². The van der Waals surface area contributed by atoms with Gasteiger partial charge in [0.15, 0.2) is 0 Å². The van der Waals surface area contributed by atoms with Crippen LogP contribution in [0, 0.1) is 18.5 Å². The van der Waals surface area contributed by atoms with Crippen LogP contribution in [0.3, 0.4) is 0 Å². The summed E-state index contributed by atoms with van der Waals surface area (Å²) in [5, 5.41) is -1.45.